The molecule has 11 heteroatoms. The number of amides is 1. The Hall–Kier alpha value is -0.890. The Kier molecular flexibility index (Phi) is 18.5. The molecule has 1 saturated heterocycles. The van der Waals surface area contributed by atoms with Crippen molar-refractivity contribution in [2.75, 3.05) is 13.2 Å². The molecule has 38 heavy (non-hydrogen) atoms. The van der Waals surface area contributed by atoms with Gasteiger partial charge in [-0.3, -0.25) is 4.79 Å². The number of carbonyl (C=O) groups is 1. The fraction of sp³-hybridized carbons (Fsp3) is 0.963. The Balaban J connectivity index is 2.68. The molecule has 0 aliphatic carbocycles. The summed E-state index contributed by atoms with van der Waals surface area (Å²) < 4.78 is 10.8. The molecule has 1 rings (SSSR count). The van der Waals surface area contributed by atoms with E-state index in [0.717, 1.165) is 32.1 Å². The minimum atomic E-state index is -1.65. The first-order valence-electron chi connectivity index (χ1n) is 14.4. The summed E-state index contributed by atoms with van der Waals surface area (Å²) in [7, 11) is 0. The van der Waals surface area contributed by atoms with Crippen LogP contribution >= 0.6 is 0 Å². The van der Waals surface area contributed by atoms with Crippen molar-refractivity contribution >= 4 is 5.91 Å². The molecule has 0 spiro atoms. The van der Waals surface area contributed by atoms with Crippen LogP contribution in [-0.4, -0.2) is 110 Å². The molecule has 1 fully saturated rings. The van der Waals surface area contributed by atoms with Crippen LogP contribution < -0.4 is 5.32 Å². The van der Waals surface area contributed by atoms with Gasteiger partial charge in [0.2, 0.25) is 5.91 Å². The zero-order valence-electron chi connectivity index (χ0n) is 23.2. The second-order valence-electron chi connectivity index (χ2n) is 10.5. The lowest BCUT2D eigenvalue weighted by Crippen LogP contribution is -2.60. The van der Waals surface area contributed by atoms with Crippen molar-refractivity contribution in [2.24, 2.45) is 0 Å². The minimum Gasteiger partial charge on any atom is -0.394 e. The highest BCUT2D eigenvalue weighted by Gasteiger charge is 2.44. The fourth-order valence-electron chi connectivity index (χ4n) is 4.55. The van der Waals surface area contributed by atoms with Crippen molar-refractivity contribution in [3.05, 3.63) is 0 Å². The van der Waals surface area contributed by atoms with Crippen LogP contribution in [0.3, 0.4) is 0 Å². The SMILES string of the molecule is CCCCCCCCCCC(O)C(=O)NC(COC1OC(CO)C(O)C(O)C1O)C(O)C(O)CCCCC. The zero-order valence-corrected chi connectivity index (χ0v) is 23.2. The first kappa shape index (κ1) is 35.1. The molecule has 0 aromatic carbocycles. The Morgan fingerprint density at radius 2 is 1.37 bits per heavy atom. The van der Waals surface area contributed by atoms with E-state index in [4.69, 9.17) is 9.47 Å². The van der Waals surface area contributed by atoms with Crippen LogP contribution in [0, 0.1) is 0 Å². The van der Waals surface area contributed by atoms with Crippen molar-refractivity contribution in [3.8, 4) is 0 Å². The average molecular weight is 552 g/mol. The van der Waals surface area contributed by atoms with Gasteiger partial charge >= 0.3 is 0 Å². The van der Waals surface area contributed by atoms with Crippen molar-refractivity contribution in [1.29, 1.82) is 0 Å². The summed E-state index contributed by atoms with van der Waals surface area (Å²) in [4.78, 5) is 12.7. The maximum absolute atomic E-state index is 12.7. The number of carbonyl (C=O) groups excluding carboxylic acids is 1. The van der Waals surface area contributed by atoms with Gasteiger partial charge in [-0.2, -0.15) is 0 Å². The van der Waals surface area contributed by atoms with Gasteiger partial charge in [-0.1, -0.05) is 84.5 Å². The highest BCUT2D eigenvalue weighted by Crippen LogP contribution is 2.22. The number of aliphatic hydroxyl groups is 7. The summed E-state index contributed by atoms with van der Waals surface area (Å²) in [6.07, 6.45) is 0.208. The zero-order chi connectivity index (χ0) is 28.5. The van der Waals surface area contributed by atoms with Gasteiger partial charge in [-0.05, 0) is 12.8 Å². The summed E-state index contributed by atoms with van der Waals surface area (Å²) in [5.41, 5.74) is 0. The van der Waals surface area contributed by atoms with E-state index in [1.807, 2.05) is 6.92 Å². The molecule has 8 N–H and O–H groups in total. The Bertz CT molecular complexity index is 610. The van der Waals surface area contributed by atoms with Gasteiger partial charge in [-0.15, -0.1) is 0 Å². The lowest BCUT2D eigenvalue weighted by atomic mass is 9.98. The predicted octanol–water partition coefficient (Wildman–Crippen LogP) is 0.482. The quantitative estimate of drug-likeness (QED) is 0.0932. The average Bonchev–Trinajstić information content (AvgIpc) is 2.91. The molecule has 9 atom stereocenters. The highest BCUT2D eigenvalue weighted by atomic mass is 16.7. The van der Waals surface area contributed by atoms with Gasteiger partial charge < -0.3 is 50.5 Å². The molecule has 0 aromatic heterocycles. The third-order valence-corrected chi connectivity index (χ3v) is 7.16. The van der Waals surface area contributed by atoms with Gasteiger partial charge in [0, 0.05) is 0 Å². The topological polar surface area (TPSA) is 189 Å². The minimum absolute atomic E-state index is 0.260. The van der Waals surface area contributed by atoms with Gasteiger partial charge in [-0.25, -0.2) is 0 Å². The molecule has 9 unspecified atom stereocenters. The van der Waals surface area contributed by atoms with Gasteiger partial charge in [0.15, 0.2) is 6.29 Å². The van der Waals surface area contributed by atoms with E-state index in [0.29, 0.717) is 19.3 Å². The van der Waals surface area contributed by atoms with Crippen LogP contribution in [0.25, 0.3) is 0 Å². The molecular weight excluding hydrogens is 498 g/mol. The van der Waals surface area contributed by atoms with E-state index in [1.54, 1.807) is 0 Å². The van der Waals surface area contributed by atoms with Gasteiger partial charge in [0.1, 0.15) is 36.6 Å². The van der Waals surface area contributed by atoms with E-state index in [1.165, 1.54) is 25.7 Å². The number of nitrogens with one attached hydrogen (secondary N) is 1. The maximum atomic E-state index is 12.7. The number of hydrogen-bond donors (Lipinski definition) is 8. The van der Waals surface area contributed by atoms with E-state index in [2.05, 4.69) is 12.2 Å². The smallest absolute Gasteiger partial charge is 0.249 e. The Labute approximate surface area is 227 Å². The molecule has 226 valence electrons. The Morgan fingerprint density at radius 1 is 0.816 bits per heavy atom. The molecule has 0 aromatic rings. The summed E-state index contributed by atoms with van der Waals surface area (Å²) in [6.45, 7) is 3.12. The summed E-state index contributed by atoms with van der Waals surface area (Å²) in [5.74, 6) is -0.713. The van der Waals surface area contributed by atoms with Crippen molar-refractivity contribution < 1.29 is 50.0 Å². The van der Waals surface area contributed by atoms with Crippen LogP contribution in [-0.2, 0) is 14.3 Å². The Morgan fingerprint density at radius 3 is 1.97 bits per heavy atom. The molecular formula is C27H53NO10. The van der Waals surface area contributed by atoms with E-state index in [-0.39, 0.29) is 6.42 Å². The number of ether oxygens (including phenoxy) is 2. The monoisotopic (exact) mass is 551 g/mol. The molecule has 0 bridgehead atoms. The second-order valence-corrected chi connectivity index (χ2v) is 10.5. The first-order valence-corrected chi connectivity index (χ1v) is 14.4. The second kappa shape index (κ2) is 20.1. The van der Waals surface area contributed by atoms with E-state index >= 15 is 0 Å². The van der Waals surface area contributed by atoms with Crippen LogP contribution in [0.5, 0.6) is 0 Å². The van der Waals surface area contributed by atoms with Crippen LogP contribution in [0.2, 0.25) is 0 Å². The molecule has 0 saturated carbocycles. The van der Waals surface area contributed by atoms with Crippen LogP contribution in [0.1, 0.15) is 97.3 Å². The molecule has 11 nitrogen and oxygen atoms in total. The molecule has 0 radical (unpaired) electrons. The van der Waals surface area contributed by atoms with Crippen molar-refractivity contribution in [2.45, 2.75) is 152 Å². The van der Waals surface area contributed by atoms with Crippen LogP contribution in [0.15, 0.2) is 0 Å². The summed E-state index contributed by atoms with van der Waals surface area (Å²) in [6, 6.07) is -1.15. The van der Waals surface area contributed by atoms with Crippen molar-refractivity contribution in [1.82, 2.24) is 5.32 Å². The third-order valence-electron chi connectivity index (χ3n) is 7.16. The lowest BCUT2D eigenvalue weighted by Gasteiger charge is -2.40. The van der Waals surface area contributed by atoms with Gasteiger partial charge in [0.05, 0.1) is 25.4 Å². The van der Waals surface area contributed by atoms with Gasteiger partial charge in [0.25, 0.3) is 0 Å². The van der Waals surface area contributed by atoms with Crippen LogP contribution in [0.4, 0.5) is 0 Å². The summed E-state index contributed by atoms with van der Waals surface area (Å²) >= 11 is 0. The highest BCUT2D eigenvalue weighted by molar-refractivity contribution is 5.80. The third kappa shape index (κ3) is 12.5. The number of rotatable bonds is 21. The standard InChI is InChI=1S/C27H53NO10/c1-3-5-7-8-9-10-11-13-15-20(31)26(36)28-18(22(32)19(30)14-12-6-4-2)17-37-27-25(35)24(34)23(33)21(16-29)38-27/h18-25,27,29-35H,3-17H2,1-2H3,(H,28,36). The summed E-state index contributed by atoms with van der Waals surface area (Å²) in [5, 5.41) is 73.7. The molecule has 1 aliphatic rings. The molecule has 1 aliphatic heterocycles. The largest absolute Gasteiger partial charge is 0.394 e. The molecule has 1 amide bonds. The number of hydrogen-bond acceptors (Lipinski definition) is 10. The van der Waals surface area contributed by atoms with E-state index < -0.39 is 74.2 Å². The maximum Gasteiger partial charge on any atom is 0.249 e. The van der Waals surface area contributed by atoms with E-state index in [9.17, 15) is 40.5 Å². The normalized spacial score (nSPS) is 27.0. The number of unbranched alkanes of at least 4 members (excludes halogenated alkanes) is 9. The first-order chi connectivity index (χ1) is 18.2. The molecule has 1 heterocycles. The number of aliphatic hydroxyl groups excluding tert-OH is 7. The fourth-order valence-corrected chi connectivity index (χ4v) is 4.55. The lowest BCUT2D eigenvalue weighted by molar-refractivity contribution is -0.303. The van der Waals surface area contributed by atoms with Crippen molar-refractivity contribution in [3.63, 3.8) is 0 Å². The predicted molar refractivity (Wildman–Crippen MR) is 141 cm³/mol.